The van der Waals surface area contributed by atoms with Crippen LogP contribution in [0, 0.1) is 6.92 Å². The van der Waals surface area contributed by atoms with E-state index in [0.717, 1.165) is 15.4 Å². The molecule has 0 aliphatic carbocycles. The van der Waals surface area contributed by atoms with Gasteiger partial charge in [0.25, 0.3) is 10.0 Å². The van der Waals surface area contributed by atoms with Crippen LogP contribution in [0.25, 0.3) is 0 Å². The van der Waals surface area contributed by atoms with Crippen LogP contribution >= 0.6 is 0 Å². The maximum atomic E-state index is 13.9. The molecule has 0 spiro atoms. The Labute approximate surface area is 225 Å². The number of sulfonamides is 1. The highest BCUT2D eigenvalue weighted by molar-refractivity contribution is 7.92. The van der Waals surface area contributed by atoms with Gasteiger partial charge in [-0.25, -0.2) is 8.42 Å². The maximum Gasteiger partial charge on any atom is 0.264 e. The summed E-state index contributed by atoms with van der Waals surface area (Å²) in [6.45, 7) is 6.78. The summed E-state index contributed by atoms with van der Waals surface area (Å²) in [5.74, 6) is -0.230. The van der Waals surface area contributed by atoms with E-state index < -0.39 is 28.5 Å². The van der Waals surface area contributed by atoms with Crippen molar-refractivity contribution in [3.05, 3.63) is 90.0 Å². The highest BCUT2D eigenvalue weighted by Gasteiger charge is 2.32. The van der Waals surface area contributed by atoms with E-state index in [1.165, 1.54) is 17.0 Å². The van der Waals surface area contributed by atoms with Gasteiger partial charge in [0, 0.05) is 12.6 Å². The smallest absolute Gasteiger partial charge is 0.264 e. The Bertz CT molecular complexity index is 1360. The van der Waals surface area contributed by atoms with Gasteiger partial charge in [0.05, 0.1) is 17.7 Å². The van der Waals surface area contributed by atoms with Crippen molar-refractivity contribution in [2.45, 2.75) is 51.2 Å². The summed E-state index contributed by atoms with van der Waals surface area (Å²) < 4.78 is 33.9. The van der Waals surface area contributed by atoms with Gasteiger partial charge in [-0.3, -0.25) is 13.9 Å². The molecule has 0 aliphatic heterocycles. The minimum absolute atomic E-state index is 0.0688. The van der Waals surface area contributed by atoms with Gasteiger partial charge in [-0.1, -0.05) is 42.5 Å². The fourth-order valence-electron chi connectivity index (χ4n) is 3.99. The number of rotatable bonds is 11. The summed E-state index contributed by atoms with van der Waals surface area (Å²) in [4.78, 5) is 28.3. The van der Waals surface area contributed by atoms with Gasteiger partial charge in [0.1, 0.15) is 18.3 Å². The van der Waals surface area contributed by atoms with Crippen LogP contribution in [-0.4, -0.2) is 50.9 Å². The molecule has 9 heteroatoms. The van der Waals surface area contributed by atoms with E-state index in [1.807, 2.05) is 32.9 Å². The number of aryl methyl sites for hydroxylation is 1. The van der Waals surface area contributed by atoms with E-state index in [1.54, 1.807) is 68.6 Å². The van der Waals surface area contributed by atoms with Crippen LogP contribution in [0.3, 0.4) is 0 Å². The molecule has 0 fully saturated rings. The fraction of sp³-hybridized carbons (Fsp3) is 0.310. The zero-order valence-corrected chi connectivity index (χ0v) is 23.2. The summed E-state index contributed by atoms with van der Waals surface area (Å²) >= 11 is 0. The highest BCUT2D eigenvalue weighted by Crippen LogP contribution is 2.25. The van der Waals surface area contributed by atoms with Crippen LogP contribution in [0.5, 0.6) is 5.75 Å². The van der Waals surface area contributed by atoms with Crippen molar-refractivity contribution in [3.8, 4) is 5.75 Å². The van der Waals surface area contributed by atoms with Gasteiger partial charge < -0.3 is 15.0 Å². The zero-order chi connectivity index (χ0) is 27.9. The monoisotopic (exact) mass is 537 g/mol. The molecule has 1 N–H and O–H groups in total. The number of methoxy groups -OCH3 is 1. The SMILES string of the molecule is COc1cccc(CN(C(=O)CN(c2cccc(C)c2)S(=O)(=O)c2ccccc2)C(C)C(=O)NC(C)C)c1. The van der Waals surface area contributed by atoms with Crippen LogP contribution < -0.4 is 14.4 Å². The minimum Gasteiger partial charge on any atom is -0.497 e. The lowest BCUT2D eigenvalue weighted by Crippen LogP contribution is -2.52. The molecule has 3 aromatic carbocycles. The third-order valence-corrected chi connectivity index (χ3v) is 7.77. The molecule has 0 radical (unpaired) electrons. The number of nitrogens with one attached hydrogen (secondary N) is 1. The number of nitrogens with zero attached hydrogens (tertiary/aromatic N) is 2. The lowest BCUT2D eigenvalue weighted by Gasteiger charge is -2.32. The van der Waals surface area contributed by atoms with Crippen LogP contribution in [0.15, 0.2) is 83.8 Å². The number of carbonyl (C=O) groups is 2. The molecule has 0 saturated carbocycles. The molecule has 8 nitrogen and oxygen atoms in total. The van der Waals surface area contributed by atoms with Crippen molar-refractivity contribution >= 4 is 27.5 Å². The van der Waals surface area contributed by atoms with E-state index in [0.29, 0.717) is 11.4 Å². The highest BCUT2D eigenvalue weighted by atomic mass is 32.2. The first-order valence-corrected chi connectivity index (χ1v) is 13.8. The average molecular weight is 538 g/mol. The van der Waals surface area contributed by atoms with Crippen molar-refractivity contribution in [2.24, 2.45) is 0 Å². The molecule has 0 aliphatic rings. The zero-order valence-electron chi connectivity index (χ0n) is 22.4. The minimum atomic E-state index is -4.08. The molecule has 3 aromatic rings. The molecular weight excluding hydrogens is 502 g/mol. The van der Waals surface area contributed by atoms with Gasteiger partial charge >= 0.3 is 0 Å². The maximum absolute atomic E-state index is 13.9. The summed E-state index contributed by atoms with van der Waals surface area (Å²) in [5.41, 5.74) is 1.96. The van der Waals surface area contributed by atoms with E-state index >= 15 is 0 Å². The third-order valence-electron chi connectivity index (χ3n) is 5.99. The summed E-state index contributed by atoms with van der Waals surface area (Å²) in [7, 11) is -2.53. The quantitative estimate of drug-likeness (QED) is 0.397. The van der Waals surface area contributed by atoms with Crippen molar-refractivity contribution in [1.82, 2.24) is 10.2 Å². The van der Waals surface area contributed by atoms with Gasteiger partial charge in [-0.05, 0) is 75.2 Å². The second-order valence-corrected chi connectivity index (χ2v) is 11.2. The number of carbonyl (C=O) groups excluding carboxylic acids is 2. The second kappa shape index (κ2) is 12.6. The molecular formula is C29H35N3O5S. The van der Waals surface area contributed by atoms with E-state index in [4.69, 9.17) is 4.74 Å². The Morgan fingerprint density at radius 3 is 2.24 bits per heavy atom. The summed E-state index contributed by atoms with van der Waals surface area (Å²) in [6, 6.07) is 21.2. The molecule has 0 bridgehead atoms. The molecule has 3 rings (SSSR count). The number of hydrogen-bond donors (Lipinski definition) is 1. The molecule has 0 saturated heterocycles. The Morgan fingerprint density at radius 1 is 0.921 bits per heavy atom. The number of ether oxygens (including phenoxy) is 1. The van der Waals surface area contributed by atoms with E-state index in [9.17, 15) is 18.0 Å². The number of benzene rings is 3. The number of amides is 2. The van der Waals surface area contributed by atoms with Gasteiger partial charge in [0.2, 0.25) is 11.8 Å². The lowest BCUT2D eigenvalue weighted by molar-refractivity contribution is -0.139. The van der Waals surface area contributed by atoms with E-state index in [-0.39, 0.29) is 23.4 Å². The van der Waals surface area contributed by atoms with Gasteiger partial charge in [0.15, 0.2) is 0 Å². The van der Waals surface area contributed by atoms with Crippen LogP contribution in [0.1, 0.15) is 31.9 Å². The summed E-state index contributed by atoms with van der Waals surface area (Å²) in [6.07, 6.45) is 0. The lowest BCUT2D eigenvalue weighted by atomic mass is 10.1. The predicted molar refractivity (Wildman–Crippen MR) is 148 cm³/mol. The van der Waals surface area contributed by atoms with Crippen LogP contribution in [0.2, 0.25) is 0 Å². The molecule has 2 amide bonds. The average Bonchev–Trinajstić information content (AvgIpc) is 2.90. The molecule has 202 valence electrons. The topological polar surface area (TPSA) is 96.0 Å². The first-order valence-electron chi connectivity index (χ1n) is 12.4. The van der Waals surface area contributed by atoms with Gasteiger partial charge in [-0.15, -0.1) is 0 Å². The Balaban J connectivity index is 2.03. The van der Waals surface area contributed by atoms with Crippen LogP contribution in [-0.2, 0) is 26.2 Å². The van der Waals surface area contributed by atoms with Crippen molar-refractivity contribution in [1.29, 1.82) is 0 Å². The fourth-order valence-corrected chi connectivity index (χ4v) is 5.41. The largest absolute Gasteiger partial charge is 0.497 e. The van der Waals surface area contributed by atoms with Crippen molar-refractivity contribution < 1.29 is 22.7 Å². The summed E-state index contributed by atoms with van der Waals surface area (Å²) in [5, 5.41) is 2.85. The number of hydrogen-bond acceptors (Lipinski definition) is 5. The third kappa shape index (κ3) is 7.13. The van der Waals surface area contributed by atoms with E-state index in [2.05, 4.69) is 5.32 Å². The molecule has 38 heavy (non-hydrogen) atoms. The Hall–Kier alpha value is -3.85. The van der Waals surface area contributed by atoms with Gasteiger partial charge in [-0.2, -0.15) is 0 Å². The Morgan fingerprint density at radius 2 is 1.61 bits per heavy atom. The van der Waals surface area contributed by atoms with Crippen molar-refractivity contribution in [2.75, 3.05) is 18.0 Å². The standard InChI is InChI=1S/C29H35N3O5S/c1-21(2)30-29(34)23(4)31(19-24-12-10-14-26(18-24)37-5)28(33)20-32(25-13-9-11-22(3)17-25)38(35,36)27-15-7-6-8-16-27/h6-18,21,23H,19-20H2,1-5H3,(H,30,34). The molecule has 0 heterocycles. The number of anilines is 1. The second-order valence-electron chi connectivity index (χ2n) is 9.38. The Kier molecular flexibility index (Phi) is 9.52. The first kappa shape index (κ1) is 28.7. The van der Waals surface area contributed by atoms with Crippen molar-refractivity contribution in [3.63, 3.8) is 0 Å². The first-order chi connectivity index (χ1) is 18.0. The van der Waals surface area contributed by atoms with Crippen LogP contribution in [0.4, 0.5) is 5.69 Å². The molecule has 0 aromatic heterocycles. The predicted octanol–water partition coefficient (Wildman–Crippen LogP) is 4.14. The molecule has 1 atom stereocenters. The molecule has 1 unspecified atom stereocenters. The normalized spacial score (nSPS) is 12.1.